The Morgan fingerprint density at radius 2 is 1.85 bits per heavy atom. The van der Waals surface area contributed by atoms with E-state index >= 15 is 0 Å². The molecule has 4 aromatic rings. The average molecular weight is 483 g/mol. The Kier molecular flexibility index (Phi) is 6.62. The molecule has 2 aromatic heterocycles. The monoisotopic (exact) mass is 482 g/mol. The Bertz CT molecular complexity index is 1360. The highest BCUT2D eigenvalue weighted by molar-refractivity contribution is 7.90. The Labute approximate surface area is 196 Å². The summed E-state index contributed by atoms with van der Waals surface area (Å²) < 4.78 is 36.8. The van der Waals surface area contributed by atoms with Gasteiger partial charge in [0.1, 0.15) is 22.2 Å². The van der Waals surface area contributed by atoms with Crippen LogP contribution in [0.4, 0.5) is 0 Å². The number of hydrogen-bond acceptors (Lipinski definition) is 7. The van der Waals surface area contributed by atoms with Gasteiger partial charge in [-0.2, -0.15) is 0 Å². The maximum Gasteiger partial charge on any atom is 0.251 e. The van der Waals surface area contributed by atoms with E-state index in [0.717, 1.165) is 4.88 Å². The van der Waals surface area contributed by atoms with Gasteiger partial charge in [-0.15, -0.1) is 11.3 Å². The summed E-state index contributed by atoms with van der Waals surface area (Å²) in [6.07, 6.45) is 0. The second kappa shape index (κ2) is 9.60. The quantitative estimate of drug-likeness (QED) is 0.393. The minimum absolute atomic E-state index is 0.106. The van der Waals surface area contributed by atoms with Crippen molar-refractivity contribution in [1.82, 2.24) is 10.3 Å². The second-order valence-electron chi connectivity index (χ2n) is 7.27. The molecule has 0 fully saturated rings. The topological polar surface area (TPSA) is 98.5 Å². The molecule has 170 valence electrons. The smallest absolute Gasteiger partial charge is 0.251 e. The number of carbonyl (C=O) groups is 1. The first-order valence-corrected chi connectivity index (χ1v) is 12.6. The van der Waals surface area contributed by atoms with Gasteiger partial charge in [0.05, 0.1) is 19.3 Å². The van der Waals surface area contributed by atoms with E-state index < -0.39 is 9.84 Å². The first kappa shape index (κ1) is 22.8. The van der Waals surface area contributed by atoms with Crippen LogP contribution in [-0.4, -0.2) is 26.4 Å². The maximum absolute atomic E-state index is 12.9. The Balaban J connectivity index is 1.49. The van der Waals surface area contributed by atoms with Crippen molar-refractivity contribution in [2.45, 2.75) is 24.1 Å². The summed E-state index contributed by atoms with van der Waals surface area (Å²) in [7, 11) is -2.26. The van der Waals surface area contributed by atoms with Gasteiger partial charge in [0.25, 0.3) is 5.91 Å². The van der Waals surface area contributed by atoms with Crippen molar-refractivity contribution in [3.63, 3.8) is 0 Å². The number of aryl methyl sites for hydroxylation is 1. The molecule has 0 aliphatic rings. The lowest BCUT2D eigenvalue weighted by atomic mass is 10.1. The van der Waals surface area contributed by atoms with Crippen LogP contribution in [0.5, 0.6) is 5.75 Å². The van der Waals surface area contributed by atoms with E-state index in [-0.39, 0.29) is 22.3 Å². The summed E-state index contributed by atoms with van der Waals surface area (Å²) in [5.41, 5.74) is 1.49. The summed E-state index contributed by atoms with van der Waals surface area (Å²) in [5.74, 6) is 0.504. The van der Waals surface area contributed by atoms with Crippen molar-refractivity contribution in [2.75, 3.05) is 7.11 Å². The number of oxazole rings is 1. The van der Waals surface area contributed by atoms with Gasteiger partial charge in [-0.25, -0.2) is 13.4 Å². The molecule has 0 aliphatic carbocycles. The number of methoxy groups -OCH3 is 1. The van der Waals surface area contributed by atoms with Crippen LogP contribution < -0.4 is 10.1 Å². The van der Waals surface area contributed by atoms with E-state index in [1.165, 1.54) is 13.2 Å². The minimum Gasteiger partial charge on any atom is -0.495 e. The van der Waals surface area contributed by atoms with Gasteiger partial charge in [-0.1, -0.05) is 18.2 Å². The Morgan fingerprint density at radius 1 is 1.09 bits per heavy atom. The molecule has 0 atom stereocenters. The number of ether oxygens (including phenoxy) is 1. The van der Waals surface area contributed by atoms with E-state index in [0.29, 0.717) is 35.0 Å². The van der Waals surface area contributed by atoms with Crippen LogP contribution >= 0.6 is 11.3 Å². The number of amides is 1. The van der Waals surface area contributed by atoms with Gasteiger partial charge in [-0.3, -0.25) is 4.79 Å². The molecule has 0 saturated heterocycles. The summed E-state index contributed by atoms with van der Waals surface area (Å²) >= 11 is 1.58. The molecule has 7 nitrogen and oxygen atoms in total. The van der Waals surface area contributed by atoms with Crippen LogP contribution in [-0.2, 0) is 22.1 Å². The van der Waals surface area contributed by atoms with Crippen molar-refractivity contribution in [3.05, 3.63) is 87.9 Å². The predicted octanol–water partition coefficient (Wildman–Crippen LogP) is 4.62. The number of thiophene rings is 1. The van der Waals surface area contributed by atoms with Crippen LogP contribution in [0, 0.1) is 6.92 Å². The van der Waals surface area contributed by atoms with E-state index in [4.69, 9.17) is 9.15 Å². The molecular formula is C24H22N2O5S2. The second-order valence-corrected chi connectivity index (χ2v) is 10.3. The zero-order valence-corrected chi connectivity index (χ0v) is 19.7. The number of nitrogens with one attached hydrogen (secondary N) is 1. The molecule has 1 amide bonds. The average Bonchev–Trinajstić information content (AvgIpc) is 3.47. The molecule has 0 aliphatic heterocycles. The third-order valence-corrected chi connectivity index (χ3v) is 7.56. The predicted molar refractivity (Wildman–Crippen MR) is 126 cm³/mol. The van der Waals surface area contributed by atoms with Crippen molar-refractivity contribution < 1.29 is 22.4 Å². The van der Waals surface area contributed by atoms with Crippen molar-refractivity contribution in [3.8, 4) is 17.2 Å². The van der Waals surface area contributed by atoms with Gasteiger partial charge < -0.3 is 14.5 Å². The number of carbonyl (C=O) groups excluding carboxylic acids is 1. The van der Waals surface area contributed by atoms with Crippen LogP contribution in [0.25, 0.3) is 11.5 Å². The molecule has 2 aromatic carbocycles. The molecule has 0 spiro atoms. The molecule has 0 saturated carbocycles. The summed E-state index contributed by atoms with van der Waals surface area (Å²) in [4.78, 5) is 18.0. The van der Waals surface area contributed by atoms with E-state index in [9.17, 15) is 13.2 Å². The number of benzene rings is 2. The maximum atomic E-state index is 12.9. The lowest BCUT2D eigenvalue weighted by Gasteiger charge is -2.08. The number of sulfone groups is 1. The van der Waals surface area contributed by atoms with Crippen molar-refractivity contribution >= 4 is 27.1 Å². The molecule has 0 radical (unpaired) electrons. The summed E-state index contributed by atoms with van der Waals surface area (Å²) in [6, 6.07) is 17.2. The minimum atomic E-state index is -3.69. The first-order valence-electron chi connectivity index (χ1n) is 10.1. The number of nitrogens with zero attached hydrogens (tertiary/aromatic N) is 1. The van der Waals surface area contributed by atoms with Gasteiger partial charge in [-0.05, 0) is 54.8 Å². The fourth-order valence-electron chi connectivity index (χ4n) is 3.27. The van der Waals surface area contributed by atoms with Crippen molar-refractivity contribution in [1.29, 1.82) is 0 Å². The SMILES string of the molecule is COc1ccccc1S(=O)(=O)Cc1nc(-c2ccc(C(=O)NCc3cccs3)cc2)oc1C. The Morgan fingerprint density at radius 3 is 2.55 bits per heavy atom. The van der Waals surface area contributed by atoms with Gasteiger partial charge in [0.2, 0.25) is 5.89 Å². The standard InChI is InChI=1S/C24H22N2O5S2/c1-16-20(15-33(28,29)22-8-4-3-7-21(22)30-2)26-24(31-16)18-11-9-17(10-12-18)23(27)25-14-19-6-5-13-32-19/h3-13H,14-15H2,1-2H3,(H,25,27). The number of para-hydroxylation sites is 1. The van der Waals surface area contributed by atoms with Gasteiger partial charge in [0, 0.05) is 16.0 Å². The molecule has 4 rings (SSSR count). The van der Waals surface area contributed by atoms with Crippen LogP contribution in [0.3, 0.4) is 0 Å². The normalized spacial score (nSPS) is 11.3. The zero-order valence-electron chi connectivity index (χ0n) is 18.1. The molecule has 9 heteroatoms. The van der Waals surface area contributed by atoms with E-state index in [1.54, 1.807) is 60.7 Å². The van der Waals surface area contributed by atoms with Gasteiger partial charge >= 0.3 is 0 Å². The Hall–Kier alpha value is -3.43. The highest BCUT2D eigenvalue weighted by Crippen LogP contribution is 2.29. The highest BCUT2D eigenvalue weighted by Gasteiger charge is 2.24. The number of rotatable bonds is 8. The molecule has 0 unspecified atom stereocenters. The van der Waals surface area contributed by atoms with E-state index in [2.05, 4.69) is 10.3 Å². The van der Waals surface area contributed by atoms with Crippen molar-refractivity contribution in [2.24, 2.45) is 0 Å². The zero-order chi connectivity index (χ0) is 23.4. The molecule has 33 heavy (non-hydrogen) atoms. The fraction of sp³-hybridized carbons (Fsp3) is 0.167. The number of aromatic nitrogens is 1. The third kappa shape index (κ3) is 5.15. The molecular weight excluding hydrogens is 460 g/mol. The van der Waals surface area contributed by atoms with E-state index in [1.807, 2.05) is 17.5 Å². The third-order valence-electron chi connectivity index (χ3n) is 5.02. The lowest BCUT2D eigenvalue weighted by Crippen LogP contribution is -2.22. The summed E-state index contributed by atoms with van der Waals surface area (Å²) in [5, 5.41) is 4.84. The molecule has 2 heterocycles. The molecule has 0 bridgehead atoms. The van der Waals surface area contributed by atoms with Crippen LogP contribution in [0.2, 0.25) is 0 Å². The lowest BCUT2D eigenvalue weighted by molar-refractivity contribution is 0.0951. The summed E-state index contributed by atoms with van der Waals surface area (Å²) in [6.45, 7) is 2.15. The van der Waals surface area contributed by atoms with Crippen LogP contribution in [0.1, 0.15) is 26.7 Å². The first-order chi connectivity index (χ1) is 15.9. The number of hydrogen-bond donors (Lipinski definition) is 1. The molecule has 1 N–H and O–H groups in total. The fourth-order valence-corrected chi connectivity index (χ4v) is 5.44. The van der Waals surface area contributed by atoms with Gasteiger partial charge in [0.15, 0.2) is 9.84 Å². The highest BCUT2D eigenvalue weighted by atomic mass is 32.2. The largest absolute Gasteiger partial charge is 0.495 e. The van der Waals surface area contributed by atoms with Crippen LogP contribution in [0.15, 0.2) is 75.4 Å².